The third-order valence-corrected chi connectivity index (χ3v) is 0.967. The second-order valence-electron chi connectivity index (χ2n) is 1.69. The summed E-state index contributed by atoms with van der Waals surface area (Å²) >= 11 is 0. The summed E-state index contributed by atoms with van der Waals surface area (Å²) in [5, 5.41) is 10.0. The van der Waals surface area contributed by atoms with E-state index < -0.39 is 4.92 Å². The molecule has 0 aromatic heterocycles. The number of benzene rings is 1. The van der Waals surface area contributed by atoms with Crippen molar-refractivity contribution in [2.24, 2.45) is 0 Å². The maximum atomic E-state index is 10.0. The van der Waals surface area contributed by atoms with E-state index >= 15 is 0 Å². The van der Waals surface area contributed by atoms with E-state index in [2.05, 4.69) is 0 Å². The van der Waals surface area contributed by atoms with Crippen LogP contribution in [0.4, 0.5) is 5.69 Å². The predicted octanol–water partition coefficient (Wildman–Crippen LogP) is 2.47. The zero-order valence-corrected chi connectivity index (χ0v) is 6.04. The number of nitro groups is 1. The molecule has 0 unspecified atom stereocenters. The number of non-ortho nitro benzene ring substituents is 1. The average molecular weight is 166 g/mol. The highest BCUT2D eigenvalue weighted by molar-refractivity contribution is 5.27. The van der Waals surface area contributed by atoms with Crippen LogP contribution in [0.1, 0.15) is 0 Å². The van der Waals surface area contributed by atoms with Gasteiger partial charge in [-0.05, 0) is 10.4 Å². The van der Waals surface area contributed by atoms with Gasteiger partial charge in [-0.15, -0.1) is 5.53 Å². The number of hydrogen-bond acceptors (Lipinski definition) is 3. The highest BCUT2D eigenvalue weighted by Crippen LogP contribution is 2.06. The van der Waals surface area contributed by atoms with Gasteiger partial charge in [0.2, 0.25) is 0 Å². The predicted molar refractivity (Wildman–Crippen MR) is 42.5 cm³/mol. The van der Waals surface area contributed by atoms with Crippen LogP contribution in [0.15, 0.2) is 30.3 Å². The molecule has 0 bridgehead atoms. The standard InChI is InChI=1S/C6H5NO2.HN3/c8-7(9)6-4-2-1-3-5-6;1-3-2/h1-5H;1H. The first kappa shape index (κ1) is 9.93. The van der Waals surface area contributed by atoms with Crippen LogP contribution in [0.3, 0.4) is 0 Å². The first-order valence-electron chi connectivity index (χ1n) is 2.92. The van der Waals surface area contributed by atoms with Gasteiger partial charge in [-0.25, -0.2) is 0 Å². The average Bonchev–Trinajstić information content (AvgIpc) is 2.07. The Morgan fingerprint density at radius 1 is 1.42 bits per heavy atom. The topological polar surface area (TPSA) is 103 Å². The van der Waals surface area contributed by atoms with Crippen molar-refractivity contribution in [1.82, 2.24) is 0 Å². The Kier molecular flexibility index (Phi) is 4.71. The summed E-state index contributed by atoms with van der Waals surface area (Å²) in [6, 6.07) is 7.93. The third-order valence-electron chi connectivity index (χ3n) is 0.967. The van der Waals surface area contributed by atoms with Crippen LogP contribution in [0.2, 0.25) is 0 Å². The van der Waals surface area contributed by atoms with Gasteiger partial charge >= 0.3 is 0 Å². The lowest BCUT2D eigenvalue weighted by Gasteiger charge is -1.85. The number of rotatable bonds is 1. The normalized spacial score (nSPS) is 7.33. The van der Waals surface area contributed by atoms with Crippen LogP contribution >= 0.6 is 0 Å². The van der Waals surface area contributed by atoms with Crippen molar-refractivity contribution < 1.29 is 4.92 Å². The van der Waals surface area contributed by atoms with E-state index in [4.69, 9.17) is 11.1 Å². The summed E-state index contributed by atoms with van der Waals surface area (Å²) in [6.45, 7) is 0. The molecule has 0 saturated heterocycles. The Hall–Kier alpha value is -2.07. The molecule has 0 aliphatic carbocycles. The van der Waals surface area contributed by atoms with Gasteiger partial charge in [-0.3, -0.25) is 10.1 Å². The SMILES string of the molecule is O=[N+]([O-])c1ccccc1.[N-]=[N+]=N. The second kappa shape index (κ2) is 5.70. The van der Waals surface area contributed by atoms with Crippen LogP contribution in [0.25, 0.3) is 10.4 Å². The van der Waals surface area contributed by atoms with Crippen LogP contribution in [-0.2, 0) is 0 Å². The van der Waals surface area contributed by atoms with E-state index in [0.717, 1.165) is 0 Å². The Balaban J connectivity index is 0.000000354. The van der Waals surface area contributed by atoms with E-state index in [1.165, 1.54) is 12.1 Å². The summed E-state index contributed by atoms with van der Waals surface area (Å²) in [5.41, 5.74) is 12.4. The fourth-order valence-electron chi connectivity index (χ4n) is 0.550. The molecule has 0 spiro atoms. The summed E-state index contributed by atoms with van der Waals surface area (Å²) < 4.78 is 0. The molecular formula is C6H6N4O2. The highest BCUT2D eigenvalue weighted by atomic mass is 16.6. The van der Waals surface area contributed by atoms with Gasteiger partial charge < -0.3 is 0 Å². The van der Waals surface area contributed by atoms with E-state index in [0.29, 0.717) is 0 Å². The quantitative estimate of drug-likeness (QED) is 0.227. The minimum absolute atomic E-state index is 0.137. The van der Waals surface area contributed by atoms with Gasteiger partial charge in [0.1, 0.15) is 0 Å². The summed E-state index contributed by atoms with van der Waals surface area (Å²) in [6.07, 6.45) is 0. The molecule has 6 nitrogen and oxygen atoms in total. The largest absolute Gasteiger partial charge is 0.269 e. The molecule has 0 aliphatic heterocycles. The molecule has 1 aromatic rings. The molecule has 1 N–H and O–H groups in total. The Labute approximate surface area is 68.0 Å². The van der Waals surface area contributed by atoms with Crippen molar-refractivity contribution in [3.05, 3.63) is 50.9 Å². The molecule has 62 valence electrons. The number of hydrogen-bond donors (Lipinski definition) is 1. The van der Waals surface area contributed by atoms with Gasteiger partial charge in [0.25, 0.3) is 5.69 Å². The van der Waals surface area contributed by atoms with Crippen LogP contribution in [-0.4, -0.2) is 4.92 Å². The zero-order valence-electron chi connectivity index (χ0n) is 6.04. The monoisotopic (exact) mass is 166 g/mol. The number of nitrogens with zero attached hydrogens (tertiary/aromatic N) is 3. The minimum Gasteiger partial charge on any atom is -0.258 e. The number of nitro benzene ring substituents is 1. The Morgan fingerprint density at radius 2 is 1.83 bits per heavy atom. The summed E-state index contributed by atoms with van der Waals surface area (Å²) in [4.78, 5) is 11.3. The molecule has 0 radical (unpaired) electrons. The summed E-state index contributed by atoms with van der Waals surface area (Å²) in [5.74, 6) is 0. The molecule has 0 atom stereocenters. The van der Waals surface area contributed by atoms with Gasteiger partial charge in [-0.2, -0.15) is 0 Å². The zero-order chi connectivity index (χ0) is 9.40. The van der Waals surface area contributed by atoms with E-state index in [-0.39, 0.29) is 5.69 Å². The molecule has 1 aromatic carbocycles. The fraction of sp³-hybridized carbons (Fsp3) is 0. The van der Waals surface area contributed by atoms with E-state index in [1.807, 2.05) is 0 Å². The molecule has 0 saturated carbocycles. The van der Waals surface area contributed by atoms with Gasteiger partial charge in [0.05, 0.1) is 4.92 Å². The van der Waals surface area contributed by atoms with Crippen LogP contribution in [0.5, 0.6) is 0 Å². The van der Waals surface area contributed by atoms with Crippen molar-refractivity contribution >= 4 is 5.69 Å². The maximum Gasteiger partial charge on any atom is 0.269 e. The van der Waals surface area contributed by atoms with Gasteiger partial charge in [0, 0.05) is 12.1 Å². The number of para-hydroxylation sites is 1. The second-order valence-corrected chi connectivity index (χ2v) is 1.69. The molecule has 0 amide bonds. The highest BCUT2D eigenvalue weighted by Gasteiger charge is 1.98. The van der Waals surface area contributed by atoms with Gasteiger partial charge in [-0.1, -0.05) is 18.2 Å². The lowest BCUT2D eigenvalue weighted by Crippen LogP contribution is -1.84. The number of nitrogens with one attached hydrogen (secondary N) is 1. The van der Waals surface area contributed by atoms with Crippen LogP contribution in [0, 0.1) is 15.6 Å². The molecule has 12 heavy (non-hydrogen) atoms. The lowest BCUT2D eigenvalue weighted by molar-refractivity contribution is -0.384. The van der Waals surface area contributed by atoms with Crippen LogP contribution < -0.4 is 0 Å². The molecule has 1 rings (SSSR count). The van der Waals surface area contributed by atoms with Crippen molar-refractivity contribution in [3.63, 3.8) is 0 Å². The van der Waals surface area contributed by atoms with Crippen molar-refractivity contribution in [3.8, 4) is 0 Å². The first-order chi connectivity index (χ1) is 5.72. The fourth-order valence-corrected chi connectivity index (χ4v) is 0.550. The smallest absolute Gasteiger partial charge is 0.258 e. The van der Waals surface area contributed by atoms with E-state index in [9.17, 15) is 10.1 Å². The Bertz CT molecular complexity index is 279. The summed E-state index contributed by atoms with van der Waals surface area (Å²) in [7, 11) is 0. The molecular weight excluding hydrogens is 160 g/mol. The van der Waals surface area contributed by atoms with Gasteiger partial charge in [0.15, 0.2) is 0 Å². The molecule has 6 heteroatoms. The lowest BCUT2D eigenvalue weighted by atomic mass is 10.3. The molecule has 0 aliphatic rings. The van der Waals surface area contributed by atoms with Crippen molar-refractivity contribution in [2.45, 2.75) is 0 Å². The molecule has 0 fully saturated rings. The maximum absolute atomic E-state index is 10.0. The third kappa shape index (κ3) is 3.86. The minimum atomic E-state index is -0.417. The molecule has 0 heterocycles. The van der Waals surface area contributed by atoms with E-state index in [1.54, 1.807) is 23.1 Å². The van der Waals surface area contributed by atoms with Crippen molar-refractivity contribution in [2.75, 3.05) is 0 Å². The Morgan fingerprint density at radius 3 is 2.08 bits per heavy atom. The van der Waals surface area contributed by atoms with Crippen molar-refractivity contribution in [1.29, 1.82) is 5.53 Å². The first-order valence-corrected chi connectivity index (χ1v) is 2.92.